The molecule has 0 aromatic heterocycles. The summed E-state index contributed by atoms with van der Waals surface area (Å²) in [6.45, 7) is 6.95. The Labute approximate surface area is 142 Å². The fourth-order valence-corrected chi connectivity index (χ4v) is 5.54. The van der Waals surface area contributed by atoms with E-state index in [0.717, 1.165) is 11.7 Å². The van der Waals surface area contributed by atoms with Gasteiger partial charge in [0.15, 0.2) is 0 Å². The molecule has 0 aliphatic heterocycles. The molecule has 0 aliphatic rings. The average Bonchev–Trinajstić information content (AvgIpc) is 2.50. The number of unbranched alkanes of at least 4 members (excludes halogenated alkanes) is 4. The van der Waals surface area contributed by atoms with E-state index in [1.165, 1.54) is 43.0 Å². The van der Waals surface area contributed by atoms with Crippen molar-refractivity contribution in [3.8, 4) is 0 Å². The van der Waals surface area contributed by atoms with Gasteiger partial charge in [0, 0.05) is 0 Å². The van der Waals surface area contributed by atoms with Gasteiger partial charge in [-0.1, -0.05) is 0 Å². The maximum absolute atomic E-state index is 2.53. The molecular weight excluding hydrogens is 339 g/mol. The average molecular weight is 369 g/mol. The van der Waals surface area contributed by atoms with Gasteiger partial charge in [0.2, 0.25) is 0 Å². The van der Waals surface area contributed by atoms with Crippen LogP contribution in [0.25, 0.3) is 0 Å². The van der Waals surface area contributed by atoms with Crippen LogP contribution in [0, 0.1) is 5.92 Å². The predicted molar refractivity (Wildman–Crippen MR) is 100.0 cm³/mol. The second-order valence-corrected chi connectivity index (χ2v) is 9.68. The Kier molecular flexibility index (Phi) is 11.1. The molecule has 1 aromatic carbocycles. The van der Waals surface area contributed by atoms with E-state index in [0.29, 0.717) is 15.0 Å². The summed E-state index contributed by atoms with van der Waals surface area (Å²) in [5.41, 5.74) is 1.44. The van der Waals surface area contributed by atoms with Crippen molar-refractivity contribution in [2.75, 3.05) is 0 Å². The molecule has 0 atom stereocenters. The third kappa shape index (κ3) is 10.2. The zero-order valence-electron chi connectivity index (χ0n) is 13.8. The number of thioether (sulfide) groups is 1. The molecule has 0 N–H and O–H groups in total. The minimum absolute atomic E-state index is 0.665. The molecule has 0 nitrogen and oxygen atoms in total. The van der Waals surface area contributed by atoms with Crippen LogP contribution < -0.4 is 0 Å². The van der Waals surface area contributed by atoms with Crippen molar-refractivity contribution in [2.45, 2.75) is 63.9 Å². The summed E-state index contributed by atoms with van der Waals surface area (Å²) in [5, 5.41) is 1.37. The Balaban J connectivity index is 2.41. The SMILES string of the molecule is CCCCCC/C=C(\SCc1ccccc1)[Se]CC(C)C. The van der Waals surface area contributed by atoms with Crippen molar-refractivity contribution in [3.05, 3.63) is 45.8 Å². The fourth-order valence-electron chi connectivity index (χ4n) is 1.93. The van der Waals surface area contributed by atoms with E-state index in [9.17, 15) is 0 Å². The topological polar surface area (TPSA) is 0 Å². The van der Waals surface area contributed by atoms with Gasteiger partial charge < -0.3 is 0 Å². The molecule has 0 aliphatic carbocycles. The van der Waals surface area contributed by atoms with Crippen molar-refractivity contribution < 1.29 is 0 Å². The Hall–Kier alpha value is -0.171. The number of allylic oxidation sites excluding steroid dienone is 1. The predicted octanol–water partition coefficient (Wildman–Crippen LogP) is 6.51. The first kappa shape index (κ1) is 18.9. The summed E-state index contributed by atoms with van der Waals surface area (Å²) in [4.78, 5) is 0. The van der Waals surface area contributed by atoms with Crippen molar-refractivity contribution in [1.82, 2.24) is 0 Å². The molecule has 0 heterocycles. The van der Waals surface area contributed by atoms with Gasteiger partial charge in [-0.05, 0) is 0 Å². The molecule has 1 rings (SSSR count). The van der Waals surface area contributed by atoms with Crippen molar-refractivity contribution >= 4 is 26.7 Å². The van der Waals surface area contributed by atoms with E-state index in [1.54, 1.807) is 3.80 Å². The second-order valence-electron chi connectivity index (χ2n) is 5.85. The van der Waals surface area contributed by atoms with Gasteiger partial charge in [-0.3, -0.25) is 0 Å². The van der Waals surface area contributed by atoms with E-state index < -0.39 is 0 Å². The van der Waals surface area contributed by atoms with Gasteiger partial charge in [-0.15, -0.1) is 0 Å². The number of benzene rings is 1. The van der Waals surface area contributed by atoms with Gasteiger partial charge in [0.05, 0.1) is 0 Å². The molecule has 0 fully saturated rings. The van der Waals surface area contributed by atoms with Gasteiger partial charge >= 0.3 is 142 Å². The van der Waals surface area contributed by atoms with Crippen LogP contribution >= 0.6 is 11.8 Å². The molecule has 0 unspecified atom stereocenters. The maximum atomic E-state index is 2.53. The number of rotatable bonds is 11. The van der Waals surface area contributed by atoms with Gasteiger partial charge in [0.25, 0.3) is 0 Å². The summed E-state index contributed by atoms with van der Waals surface area (Å²) in [6.07, 6.45) is 9.28. The van der Waals surface area contributed by atoms with Gasteiger partial charge in [0.1, 0.15) is 0 Å². The molecule has 1 aromatic rings. The Morgan fingerprint density at radius 1 is 1.14 bits per heavy atom. The quantitative estimate of drug-likeness (QED) is 0.316. The zero-order chi connectivity index (χ0) is 15.3. The molecular formula is C19H30SSe. The molecule has 0 saturated carbocycles. The third-order valence-corrected chi connectivity index (χ3v) is 8.13. The Morgan fingerprint density at radius 2 is 1.90 bits per heavy atom. The summed E-state index contributed by atoms with van der Waals surface area (Å²) < 4.78 is 1.66. The zero-order valence-corrected chi connectivity index (χ0v) is 16.3. The van der Waals surface area contributed by atoms with Crippen LogP contribution in [-0.4, -0.2) is 15.0 Å². The number of hydrogen-bond acceptors (Lipinski definition) is 1. The third-order valence-electron chi connectivity index (χ3n) is 3.15. The molecule has 0 saturated heterocycles. The first-order valence-corrected chi connectivity index (χ1v) is 11.3. The van der Waals surface area contributed by atoms with Crippen LogP contribution in [0.5, 0.6) is 0 Å². The fraction of sp³-hybridized carbons (Fsp3) is 0.579. The van der Waals surface area contributed by atoms with Crippen LogP contribution in [0.1, 0.15) is 58.4 Å². The van der Waals surface area contributed by atoms with E-state index in [4.69, 9.17) is 0 Å². The van der Waals surface area contributed by atoms with Crippen LogP contribution in [0.15, 0.2) is 40.2 Å². The number of hydrogen-bond donors (Lipinski definition) is 0. The standard InChI is InChI=1S/C19H30SSe/c1-4-5-6-7-11-14-19(21-16-17(2)3)20-15-18-12-9-8-10-13-18/h8-10,12-14,17H,4-7,11,15-16H2,1-3H3/b19-14+. The van der Waals surface area contributed by atoms with E-state index in [-0.39, 0.29) is 0 Å². The van der Waals surface area contributed by atoms with Crippen LogP contribution in [0.4, 0.5) is 0 Å². The molecule has 2 heteroatoms. The summed E-state index contributed by atoms with van der Waals surface area (Å²) in [6, 6.07) is 10.9. The molecule has 0 bridgehead atoms. The molecule has 118 valence electrons. The first-order chi connectivity index (χ1) is 10.2. The summed E-state index contributed by atoms with van der Waals surface area (Å²) >= 11 is 2.73. The van der Waals surface area contributed by atoms with Crippen molar-refractivity contribution in [2.24, 2.45) is 5.92 Å². The molecule has 0 radical (unpaired) electrons. The van der Waals surface area contributed by atoms with Crippen LogP contribution in [0.3, 0.4) is 0 Å². The Bertz CT molecular complexity index is 384. The van der Waals surface area contributed by atoms with Crippen molar-refractivity contribution in [1.29, 1.82) is 0 Å². The molecule has 21 heavy (non-hydrogen) atoms. The van der Waals surface area contributed by atoms with Crippen LogP contribution in [-0.2, 0) is 5.75 Å². The minimum atomic E-state index is 0.665. The first-order valence-electron chi connectivity index (χ1n) is 8.22. The summed E-state index contributed by atoms with van der Waals surface area (Å²) in [5.74, 6) is 1.95. The van der Waals surface area contributed by atoms with Crippen molar-refractivity contribution in [3.63, 3.8) is 0 Å². The van der Waals surface area contributed by atoms with E-state index in [1.807, 2.05) is 0 Å². The monoisotopic (exact) mass is 370 g/mol. The Morgan fingerprint density at radius 3 is 2.57 bits per heavy atom. The molecule has 0 spiro atoms. The van der Waals surface area contributed by atoms with E-state index >= 15 is 0 Å². The summed E-state index contributed by atoms with van der Waals surface area (Å²) in [7, 11) is 0. The second kappa shape index (κ2) is 12.4. The van der Waals surface area contributed by atoms with Gasteiger partial charge in [-0.2, -0.15) is 0 Å². The van der Waals surface area contributed by atoms with Gasteiger partial charge in [-0.25, -0.2) is 0 Å². The molecule has 0 amide bonds. The van der Waals surface area contributed by atoms with E-state index in [2.05, 4.69) is 68.9 Å². The normalized spacial score (nSPS) is 12.1. The van der Waals surface area contributed by atoms with Crippen LogP contribution in [0.2, 0.25) is 5.32 Å².